The normalized spacial score (nSPS) is 10.8. The Bertz CT molecular complexity index is 851. The average molecular weight is 365 g/mol. The highest BCUT2D eigenvalue weighted by molar-refractivity contribution is 9.10. The summed E-state index contributed by atoms with van der Waals surface area (Å²) in [4.78, 5) is 2.16. The van der Waals surface area contributed by atoms with E-state index in [0.717, 1.165) is 17.6 Å². The van der Waals surface area contributed by atoms with E-state index >= 15 is 0 Å². The molecule has 114 valence electrons. The molecule has 0 aliphatic carbocycles. The first-order valence-corrected chi connectivity index (χ1v) is 8.36. The topological polar surface area (TPSA) is 27.0 Å². The molecule has 0 bridgehead atoms. The quantitative estimate of drug-likeness (QED) is 0.586. The van der Waals surface area contributed by atoms with Crippen LogP contribution in [0, 0.1) is 11.3 Å². The highest BCUT2D eigenvalue weighted by Crippen LogP contribution is 2.20. The lowest BCUT2D eigenvalue weighted by Crippen LogP contribution is -2.23. The van der Waals surface area contributed by atoms with Gasteiger partial charge in [0.25, 0.3) is 0 Å². The number of rotatable bonds is 5. The molecule has 0 aliphatic rings. The molecule has 3 aromatic carbocycles. The second kappa shape index (κ2) is 7.41. The van der Waals surface area contributed by atoms with Gasteiger partial charge in [0.1, 0.15) is 0 Å². The van der Waals surface area contributed by atoms with E-state index in [1.807, 2.05) is 18.2 Å². The molecule has 0 heterocycles. The molecule has 0 atom stereocenters. The van der Waals surface area contributed by atoms with Crippen molar-refractivity contribution in [2.75, 3.05) is 6.54 Å². The van der Waals surface area contributed by atoms with Gasteiger partial charge in [-0.15, -0.1) is 0 Å². The van der Waals surface area contributed by atoms with Crippen LogP contribution in [0.3, 0.4) is 0 Å². The molecule has 0 saturated carbocycles. The molecule has 3 aromatic rings. The van der Waals surface area contributed by atoms with E-state index in [-0.39, 0.29) is 0 Å². The van der Waals surface area contributed by atoms with Crippen molar-refractivity contribution in [3.8, 4) is 6.07 Å². The Labute approximate surface area is 145 Å². The fourth-order valence-electron chi connectivity index (χ4n) is 2.73. The fraction of sp³-hybridized carbons (Fsp3) is 0.150. The SMILES string of the molecule is N#CCN(Cc1ccc2ccccc2c1)Cc1ccccc1Br. The second-order valence-corrected chi connectivity index (χ2v) is 6.43. The third kappa shape index (κ3) is 3.98. The van der Waals surface area contributed by atoms with Crippen LogP contribution in [0.5, 0.6) is 0 Å². The Kier molecular flexibility index (Phi) is 5.07. The zero-order valence-electron chi connectivity index (χ0n) is 12.7. The molecule has 0 amide bonds. The number of halogens is 1. The molecule has 23 heavy (non-hydrogen) atoms. The molecular formula is C20H17BrN2. The number of nitrogens with zero attached hydrogens (tertiary/aromatic N) is 2. The molecule has 0 unspecified atom stereocenters. The lowest BCUT2D eigenvalue weighted by atomic mass is 10.1. The van der Waals surface area contributed by atoms with Gasteiger partial charge in [0.15, 0.2) is 0 Å². The molecule has 0 saturated heterocycles. The van der Waals surface area contributed by atoms with E-state index < -0.39 is 0 Å². The van der Waals surface area contributed by atoms with Gasteiger partial charge in [0.2, 0.25) is 0 Å². The average Bonchev–Trinajstić information content (AvgIpc) is 2.57. The van der Waals surface area contributed by atoms with Crippen molar-refractivity contribution in [1.82, 2.24) is 4.90 Å². The Hall–Kier alpha value is -2.15. The second-order valence-electron chi connectivity index (χ2n) is 5.58. The molecule has 0 fully saturated rings. The minimum atomic E-state index is 0.411. The van der Waals surface area contributed by atoms with E-state index in [9.17, 15) is 0 Å². The van der Waals surface area contributed by atoms with Gasteiger partial charge in [-0.1, -0.05) is 70.5 Å². The third-order valence-corrected chi connectivity index (χ3v) is 4.64. The van der Waals surface area contributed by atoms with Crippen molar-refractivity contribution in [2.45, 2.75) is 13.1 Å². The Morgan fingerprint density at radius 2 is 1.61 bits per heavy atom. The van der Waals surface area contributed by atoms with Gasteiger partial charge in [-0.25, -0.2) is 0 Å². The van der Waals surface area contributed by atoms with Gasteiger partial charge >= 0.3 is 0 Å². The molecule has 3 rings (SSSR count). The standard InChI is InChI=1S/C20H17BrN2/c21-20-8-4-3-7-19(20)15-23(12-11-22)14-16-9-10-17-5-1-2-6-18(17)13-16/h1-10,13H,12,14-15H2. The summed E-state index contributed by atoms with van der Waals surface area (Å²) in [6, 6.07) is 25.3. The largest absolute Gasteiger partial charge is 0.282 e. The van der Waals surface area contributed by atoms with Gasteiger partial charge in [0, 0.05) is 17.6 Å². The van der Waals surface area contributed by atoms with Crippen LogP contribution in [-0.2, 0) is 13.1 Å². The molecule has 3 heteroatoms. The van der Waals surface area contributed by atoms with Crippen LogP contribution in [0.4, 0.5) is 0 Å². The van der Waals surface area contributed by atoms with Gasteiger partial charge in [-0.3, -0.25) is 4.90 Å². The summed E-state index contributed by atoms with van der Waals surface area (Å²) in [5.74, 6) is 0. The number of nitriles is 1. The molecule has 0 N–H and O–H groups in total. The smallest absolute Gasteiger partial charge is 0.0871 e. The van der Waals surface area contributed by atoms with Gasteiger partial charge in [-0.2, -0.15) is 5.26 Å². The van der Waals surface area contributed by atoms with Crippen LogP contribution >= 0.6 is 15.9 Å². The molecular weight excluding hydrogens is 348 g/mol. The van der Waals surface area contributed by atoms with Crippen LogP contribution < -0.4 is 0 Å². The summed E-state index contributed by atoms with van der Waals surface area (Å²) in [6.07, 6.45) is 0. The number of hydrogen-bond donors (Lipinski definition) is 0. The Morgan fingerprint density at radius 3 is 2.39 bits per heavy atom. The van der Waals surface area contributed by atoms with Crippen LogP contribution in [0.2, 0.25) is 0 Å². The van der Waals surface area contributed by atoms with Crippen LogP contribution in [0.25, 0.3) is 10.8 Å². The lowest BCUT2D eigenvalue weighted by molar-refractivity contribution is 0.289. The minimum Gasteiger partial charge on any atom is -0.282 e. The van der Waals surface area contributed by atoms with E-state index in [0.29, 0.717) is 6.54 Å². The third-order valence-electron chi connectivity index (χ3n) is 3.87. The maximum atomic E-state index is 9.13. The number of benzene rings is 3. The van der Waals surface area contributed by atoms with Crippen molar-refractivity contribution in [1.29, 1.82) is 5.26 Å². The van der Waals surface area contributed by atoms with Crippen molar-refractivity contribution in [3.05, 3.63) is 82.3 Å². The summed E-state index contributed by atoms with van der Waals surface area (Å²) in [5, 5.41) is 11.6. The molecule has 0 aromatic heterocycles. The Morgan fingerprint density at radius 1 is 0.870 bits per heavy atom. The molecule has 0 radical (unpaired) electrons. The van der Waals surface area contributed by atoms with Crippen molar-refractivity contribution < 1.29 is 0 Å². The molecule has 2 nitrogen and oxygen atoms in total. The summed E-state index contributed by atoms with van der Waals surface area (Å²) in [5.41, 5.74) is 2.43. The highest BCUT2D eigenvalue weighted by Gasteiger charge is 2.09. The van der Waals surface area contributed by atoms with Crippen LogP contribution in [-0.4, -0.2) is 11.4 Å². The first kappa shape index (κ1) is 15.7. The van der Waals surface area contributed by atoms with Crippen molar-refractivity contribution >= 4 is 26.7 Å². The summed E-state index contributed by atoms with van der Waals surface area (Å²) in [6.45, 7) is 1.93. The van der Waals surface area contributed by atoms with Gasteiger partial charge < -0.3 is 0 Å². The van der Waals surface area contributed by atoms with E-state index in [4.69, 9.17) is 5.26 Å². The first-order chi connectivity index (χ1) is 11.3. The maximum Gasteiger partial charge on any atom is 0.0871 e. The van der Waals surface area contributed by atoms with E-state index in [1.54, 1.807) is 0 Å². The monoisotopic (exact) mass is 364 g/mol. The minimum absolute atomic E-state index is 0.411. The lowest BCUT2D eigenvalue weighted by Gasteiger charge is -2.20. The predicted molar refractivity (Wildman–Crippen MR) is 97.8 cm³/mol. The van der Waals surface area contributed by atoms with Crippen LogP contribution in [0.1, 0.15) is 11.1 Å². The first-order valence-electron chi connectivity index (χ1n) is 7.56. The number of hydrogen-bond acceptors (Lipinski definition) is 2. The maximum absolute atomic E-state index is 9.13. The van der Waals surface area contributed by atoms with Crippen LogP contribution in [0.15, 0.2) is 71.2 Å². The van der Waals surface area contributed by atoms with Crippen molar-refractivity contribution in [3.63, 3.8) is 0 Å². The molecule has 0 aliphatic heterocycles. The van der Waals surface area contributed by atoms with E-state index in [1.165, 1.54) is 21.9 Å². The Balaban J connectivity index is 1.81. The van der Waals surface area contributed by atoms with Crippen molar-refractivity contribution in [2.24, 2.45) is 0 Å². The zero-order valence-corrected chi connectivity index (χ0v) is 14.3. The predicted octanol–water partition coefficient (Wildman–Crippen LogP) is 5.13. The summed E-state index contributed by atoms with van der Waals surface area (Å²) in [7, 11) is 0. The highest BCUT2D eigenvalue weighted by atomic mass is 79.9. The summed E-state index contributed by atoms with van der Waals surface area (Å²) >= 11 is 3.58. The molecule has 0 spiro atoms. The summed E-state index contributed by atoms with van der Waals surface area (Å²) < 4.78 is 1.08. The number of fused-ring (bicyclic) bond motifs is 1. The fourth-order valence-corrected chi connectivity index (χ4v) is 3.14. The van der Waals surface area contributed by atoms with E-state index in [2.05, 4.69) is 75.4 Å². The van der Waals surface area contributed by atoms with Gasteiger partial charge in [-0.05, 0) is 34.0 Å². The zero-order chi connectivity index (χ0) is 16.1. The van der Waals surface area contributed by atoms with Gasteiger partial charge in [0.05, 0.1) is 12.6 Å².